The van der Waals surface area contributed by atoms with E-state index in [1.54, 1.807) is 0 Å². The molecule has 12 rings (SSSR count). The van der Waals surface area contributed by atoms with Crippen molar-refractivity contribution in [3.8, 4) is 34.2 Å². The third-order valence-corrected chi connectivity index (χ3v) is 10.9. The molecule has 55 heavy (non-hydrogen) atoms. The lowest BCUT2D eigenvalue weighted by Gasteiger charge is -2.33. The summed E-state index contributed by atoms with van der Waals surface area (Å²) >= 11 is 0. The summed E-state index contributed by atoms with van der Waals surface area (Å²) in [6.45, 7) is 0. The van der Waals surface area contributed by atoms with Crippen LogP contribution in [-0.4, -0.2) is 29.1 Å². The molecule has 0 amide bonds. The fourth-order valence-electron chi connectivity index (χ4n) is 8.64. The molecule has 7 aromatic carbocycles. The van der Waals surface area contributed by atoms with Crippen molar-refractivity contribution in [1.29, 1.82) is 0 Å². The Morgan fingerprint density at radius 1 is 0.436 bits per heavy atom. The van der Waals surface area contributed by atoms with Crippen molar-refractivity contribution in [3.63, 3.8) is 0 Å². The highest BCUT2D eigenvalue weighted by molar-refractivity contribution is 6.26. The number of para-hydroxylation sites is 2. The lowest BCUT2D eigenvalue weighted by Crippen LogP contribution is -2.21. The van der Waals surface area contributed by atoms with Gasteiger partial charge in [0.15, 0.2) is 11.6 Å². The largest absolute Gasteiger partial charge is 0.309 e. The van der Waals surface area contributed by atoms with E-state index in [1.165, 1.54) is 0 Å². The number of rotatable bonds is 4. The highest BCUT2D eigenvalue weighted by Gasteiger charge is 2.35. The highest BCUT2D eigenvalue weighted by Crippen LogP contribution is 2.54. The number of benzene rings is 7. The van der Waals surface area contributed by atoms with E-state index >= 15 is 0 Å². The van der Waals surface area contributed by atoms with Crippen LogP contribution in [0.5, 0.6) is 0 Å². The zero-order valence-electron chi connectivity index (χ0n) is 29.4. The summed E-state index contributed by atoms with van der Waals surface area (Å²) in [4.78, 5) is 22.7. The molecule has 256 valence electrons. The monoisotopic (exact) mass is 703 g/mol. The van der Waals surface area contributed by atoms with Gasteiger partial charge in [-0.05, 0) is 47.9 Å². The fourth-order valence-corrected chi connectivity index (χ4v) is 8.64. The molecule has 7 nitrogen and oxygen atoms in total. The predicted octanol–water partition coefficient (Wildman–Crippen LogP) is 11.7. The van der Waals surface area contributed by atoms with Gasteiger partial charge in [0.25, 0.3) is 0 Å². The van der Waals surface area contributed by atoms with Gasteiger partial charge < -0.3 is 9.13 Å². The van der Waals surface area contributed by atoms with Crippen molar-refractivity contribution in [1.82, 2.24) is 29.1 Å². The Hall–Kier alpha value is -7.64. The van der Waals surface area contributed by atoms with E-state index in [2.05, 4.69) is 146 Å². The summed E-state index contributed by atoms with van der Waals surface area (Å²) in [5.74, 6) is 1.77. The SMILES string of the molecule is c1ccc(-c2nc(-c3ccccc3)nc(N3c4ccc5c(c4-n4c6ccncc6c6cc7ccccc7c3c64)c3ccccc3n5-c3ccccc3)n2)cc1. The van der Waals surface area contributed by atoms with Crippen molar-refractivity contribution in [2.45, 2.75) is 0 Å². The lowest BCUT2D eigenvalue weighted by atomic mass is 10.00. The second kappa shape index (κ2) is 11.4. The van der Waals surface area contributed by atoms with Gasteiger partial charge in [-0.1, -0.05) is 121 Å². The van der Waals surface area contributed by atoms with E-state index in [0.717, 1.165) is 88.3 Å². The summed E-state index contributed by atoms with van der Waals surface area (Å²) in [5.41, 5.74) is 10.5. The number of nitrogens with zero attached hydrogens (tertiary/aromatic N) is 7. The Balaban J connectivity index is 1.29. The third-order valence-electron chi connectivity index (χ3n) is 10.9. The average molecular weight is 704 g/mol. The lowest BCUT2D eigenvalue weighted by molar-refractivity contribution is 1.01. The molecule has 0 spiro atoms. The van der Waals surface area contributed by atoms with E-state index < -0.39 is 0 Å². The summed E-state index contributed by atoms with van der Waals surface area (Å²) < 4.78 is 4.83. The minimum atomic E-state index is 0.549. The Bertz CT molecular complexity index is 3260. The third kappa shape index (κ3) is 4.26. The van der Waals surface area contributed by atoms with Gasteiger partial charge in [-0.3, -0.25) is 9.88 Å². The van der Waals surface area contributed by atoms with E-state index in [9.17, 15) is 0 Å². The molecule has 11 aromatic rings. The number of aromatic nitrogens is 6. The molecule has 0 unspecified atom stereocenters. The quantitative estimate of drug-likeness (QED) is 0.183. The van der Waals surface area contributed by atoms with Crippen molar-refractivity contribution < 1.29 is 0 Å². The summed E-state index contributed by atoms with van der Waals surface area (Å²) in [6.07, 6.45) is 3.90. The molecular weight excluding hydrogens is 675 g/mol. The van der Waals surface area contributed by atoms with Gasteiger partial charge in [0.05, 0.1) is 39.1 Å². The van der Waals surface area contributed by atoms with Gasteiger partial charge in [-0.15, -0.1) is 0 Å². The molecule has 1 aliphatic heterocycles. The molecule has 0 bridgehead atoms. The second-order valence-electron chi connectivity index (χ2n) is 13.9. The van der Waals surface area contributed by atoms with Crippen molar-refractivity contribution in [2.75, 3.05) is 4.90 Å². The first-order valence-electron chi connectivity index (χ1n) is 18.4. The Kier molecular flexibility index (Phi) is 6.21. The topological polar surface area (TPSA) is 64.7 Å². The van der Waals surface area contributed by atoms with Crippen LogP contribution < -0.4 is 4.90 Å². The molecule has 1 aliphatic rings. The smallest absolute Gasteiger partial charge is 0.238 e. The van der Waals surface area contributed by atoms with E-state index in [4.69, 9.17) is 15.0 Å². The summed E-state index contributed by atoms with van der Waals surface area (Å²) in [7, 11) is 0. The number of fused-ring (bicyclic) bond motifs is 11. The Labute approximate surface area is 315 Å². The van der Waals surface area contributed by atoms with Crippen LogP contribution in [0.3, 0.4) is 0 Å². The normalized spacial score (nSPS) is 12.3. The van der Waals surface area contributed by atoms with Gasteiger partial charge in [0.2, 0.25) is 5.95 Å². The van der Waals surface area contributed by atoms with Crippen LogP contribution in [0, 0.1) is 0 Å². The van der Waals surface area contributed by atoms with Gasteiger partial charge in [-0.2, -0.15) is 9.97 Å². The molecule has 0 saturated carbocycles. The van der Waals surface area contributed by atoms with Crippen LogP contribution in [0.4, 0.5) is 17.3 Å². The first-order valence-corrected chi connectivity index (χ1v) is 18.4. The van der Waals surface area contributed by atoms with Crippen LogP contribution >= 0.6 is 0 Å². The van der Waals surface area contributed by atoms with Crippen LogP contribution in [0.2, 0.25) is 0 Å². The van der Waals surface area contributed by atoms with E-state index in [-0.39, 0.29) is 0 Å². The van der Waals surface area contributed by atoms with Crippen LogP contribution in [0.1, 0.15) is 0 Å². The maximum Gasteiger partial charge on any atom is 0.238 e. The highest BCUT2D eigenvalue weighted by atomic mass is 15.3. The molecule has 7 heteroatoms. The van der Waals surface area contributed by atoms with Crippen molar-refractivity contribution in [3.05, 3.63) is 176 Å². The second-order valence-corrected chi connectivity index (χ2v) is 13.9. The van der Waals surface area contributed by atoms with Gasteiger partial charge in [-0.25, -0.2) is 4.98 Å². The number of pyridine rings is 1. The minimum absolute atomic E-state index is 0.549. The van der Waals surface area contributed by atoms with Crippen LogP contribution in [-0.2, 0) is 0 Å². The van der Waals surface area contributed by atoms with Gasteiger partial charge in [0, 0.05) is 56.1 Å². The summed E-state index contributed by atoms with van der Waals surface area (Å²) in [6, 6.07) is 57.3. The van der Waals surface area contributed by atoms with Gasteiger partial charge >= 0.3 is 0 Å². The van der Waals surface area contributed by atoms with E-state index in [0.29, 0.717) is 17.6 Å². The molecule has 4 aromatic heterocycles. The van der Waals surface area contributed by atoms with E-state index in [1.807, 2.05) is 48.8 Å². The molecule has 0 saturated heterocycles. The maximum atomic E-state index is 5.34. The summed E-state index contributed by atoms with van der Waals surface area (Å²) in [5, 5.41) is 6.76. The van der Waals surface area contributed by atoms with Gasteiger partial charge in [0.1, 0.15) is 0 Å². The van der Waals surface area contributed by atoms with Crippen LogP contribution in [0.15, 0.2) is 176 Å². The maximum absolute atomic E-state index is 5.34. The zero-order chi connectivity index (χ0) is 36.0. The fraction of sp³-hybridized carbons (Fsp3) is 0. The molecule has 0 N–H and O–H groups in total. The first kappa shape index (κ1) is 29.9. The zero-order valence-corrected chi connectivity index (χ0v) is 29.4. The molecule has 0 radical (unpaired) electrons. The standard InChI is InChI=1S/C48H29N7/c1-4-14-30(15-5-1)46-50-47(31-16-6-2-7-17-31)52-48(51-46)55-41-25-24-40-42(35-22-12-13-23-38(35)53(40)33-19-8-3-9-20-33)45(41)54-39-26-27-49-29-37(39)36-28-32-18-10-11-21-34(32)43(55)44(36)54/h1-29H. The number of hydrogen-bond acceptors (Lipinski definition) is 5. The molecule has 0 atom stereocenters. The molecule has 5 heterocycles. The number of hydrogen-bond donors (Lipinski definition) is 0. The molecule has 0 fully saturated rings. The van der Waals surface area contributed by atoms with Crippen LogP contribution in [0.25, 0.3) is 88.5 Å². The van der Waals surface area contributed by atoms with Crippen molar-refractivity contribution in [2.24, 2.45) is 0 Å². The molecule has 0 aliphatic carbocycles. The first-order chi connectivity index (χ1) is 27.3. The molecular formula is C48H29N7. The minimum Gasteiger partial charge on any atom is -0.309 e. The number of anilines is 3. The Morgan fingerprint density at radius 3 is 1.82 bits per heavy atom. The van der Waals surface area contributed by atoms with Crippen molar-refractivity contribution >= 4 is 71.7 Å². The Morgan fingerprint density at radius 2 is 1.07 bits per heavy atom. The average Bonchev–Trinajstić information content (AvgIpc) is 3.78. The predicted molar refractivity (Wildman–Crippen MR) is 223 cm³/mol.